The molecule has 3 aromatic rings. The molecule has 2 N–H and O–H groups in total. The molecule has 0 radical (unpaired) electrons. The summed E-state index contributed by atoms with van der Waals surface area (Å²) in [5.74, 6) is -0.452. The molecule has 0 heterocycles. The fourth-order valence-corrected chi connectivity index (χ4v) is 3.00. The van der Waals surface area contributed by atoms with E-state index in [2.05, 4.69) is 10.6 Å². The van der Waals surface area contributed by atoms with Crippen molar-refractivity contribution in [3.63, 3.8) is 0 Å². The molecule has 0 fully saturated rings. The highest BCUT2D eigenvalue weighted by Gasteiger charge is 2.17. The van der Waals surface area contributed by atoms with Crippen LogP contribution in [0.25, 0.3) is 0 Å². The van der Waals surface area contributed by atoms with Crippen LogP contribution in [-0.2, 0) is 4.79 Å². The van der Waals surface area contributed by atoms with E-state index in [1.807, 2.05) is 61.5 Å². The lowest BCUT2D eigenvalue weighted by atomic mass is 9.98. The number of ether oxygens (including phenoxy) is 1. The minimum absolute atomic E-state index is 0.198. The summed E-state index contributed by atoms with van der Waals surface area (Å²) in [7, 11) is 0. The largest absolute Gasteiger partial charge is 0.494 e. The van der Waals surface area contributed by atoms with Gasteiger partial charge in [-0.3, -0.25) is 9.59 Å². The van der Waals surface area contributed by atoms with Gasteiger partial charge in [-0.25, -0.2) is 4.39 Å². The van der Waals surface area contributed by atoms with Crippen molar-refractivity contribution < 1.29 is 18.7 Å². The van der Waals surface area contributed by atoms with E-state index in [0.29, 0.717) is 6.61 Å². The number of rotatable bonds is 8. The first-order valence-electron chi connectivity index (χ1n) is 9.67. The molecule has 2 amide bonds. The van der Waals surface area contributed by atoms with Crippen LogP contribution in [-0.4, -0.2) is 25.0 Å². The first kappa shape index (κ1) is 21.0. The zero-order valence-corrected chi connectivity index (χ0v) is 16.6. The Bertz CT molecular complexity index is 974. The van der Waals surface area contributed by atoms with Crippen molar-refractivity contribution >= 4 is 11.8 Å². The Labute approximate surface area is 174 Å². The SMILES string of the molecule is CCOc1ccc(C(NC(=O)CNC(=O)c2ccc(F)cc2)c2ccccc2)cc1. The summed E-state index contributed by atoms with van der Waals surface area (Å²) >= 11 is 0. The highest BCUT2D eigenvalue weighted by atomic mass is 19.1. The Hall–Kier alpha value is -3.67. The number of carbonyl (C=O) groups is 2. The van der Waals surface area contributed by atoms with Crippen LogP contribution in [0.4, 0.5) is 4.39 Å². The molecule has 0 aliphatic carbocycles. The summed E-state index contributed by atoms with van der Waals surface area (Å²) < 4.78 is 18.5. The van der Waals surface area contributed by atoms with Crippen LogP contribution < -0.4 is 15.4 Å². The minimum atomic E-state index is -0.442. The van der Waals surface area contributed by atoms with Gasteiger partial charge in [-0.1, -0.05) is 42.5 Å². The number of halogens is 1. The van der Waals surface area contributed by atoms with Gasteiger partial charge in [-0.15, -0.1) is 0 Å². The third kappa shape index (κ3) is 5.67. The van der Waals surface area contributed by atoms with Gasteiger partial charge in [0.25, 0.3) is 5.91 Å². The summed E-state index contributed by atoms with van der Waals surface area (Å²) in [6.07, 6.45) is 0. The number of hydrogen-bond acceptors (Lipinski definition) is 3. The fraction of sp³-hybridized carbons (Fsp3) is 0.167. The maximum absolute atomic E-state index is 13.0. The van der Waals surface area contributed by atoms with Gasteiger partial charge in [0.05, 0.1) is 19.2 Å². The van der Waals surface area contributed by atoms with Gasteiger partial charge in [0, 0.05) is 5.56 Å². The molecule has 0 aromatic heterocycles. The Morgan fingerprint density at radius 3 is 2.17 bits per heavy atom. The molecule has 6 heteroatoms. The molecule has 0 bridgehead atoms. The maximum Gasteiger partial charge on any atom is 0.251 e. The van der Waals surface area contributed by atoms with E-state index in [1.165, 1.54) is 24.3 Å². The standard InChI is InChI=1S/C24H23FN2O3/c1-2-30-21-14-10-18(11-15-21)23(17-6-4-3-5-7-17)27-22(28)16-26-24(29)19-8-12-20(25)13-9-19/h3-15,23H,2,16H2,1H3,(H,26,29)(H,27,28). The second-order valence-electron chi connectivity index (χ2n) is 6.60. The van der Waals surface area contributed by atoms with E-state index in [9.17, 15) is 14.0 Å². The molecular weight excluding hydrogens is 383 g/mol. The molecule has 0 saturated carbocycles. The predicted molar refractivity (Wildman–Crippen MR) is 113 cm³/mol. The van der Waals surface area contributed by atoms with Crippen LogP contribution in [0.2, 0.25) is 0 Å². The van der Waals surface area contributed by atoms with E-state index in [0.717, 1.165) is 16.9 Å². The summed E-state index contributed by atoms with van der Waals surface area (Å²) in [6, 6.07) is 21.9. The Morgan fingerprint density at radius 2 is 1.53 bits per heavy atom. The van der Waals surface area contributed by atoms with Crippen LogP contribution in [0, 0.1) is 5.82 Å². The molecule has 0 aliphatic heterocycles. The molecule has 0 spiro atoms. The normalized spacial score (nSPS) is 11.4. The van der Waals surface area contributed by atoms with Gasteiger partial charge >= 0.3 is 0 Å². The van der Waals surface area contributed by atoms with E-state index >= 15 is 0 Å². The molecule has 1 atom stereocenters. The first-order chi connectivity index (χ1) is 14.6. The zero-order chi connectivity index (χ0) is 21.3. The molecule has 0 saturated heterocycles. The minimum Gasteiger partial charge on any atom is -0.494 e. The number of carbonyl (C=O) groups excluding carboxylic acids is 2. The highest BCUT2D eigenvalue weighted by molar-refractivity contribution is 5.96. The molecule has 5 nitrogen and oxygen atoms in total. The Morgan fingerprint density at radius 1 is 0.900 bits per heavy atom. The van der Waals surface area contributed by atoms with E-state index in [4.69, 9.17) is 4.74 Å². The monoisotopic (exact) mass is 406 g/mol. The third-order valence-corrected chi connectivity index (χ3v) is 4.48. The Kier molecular flexibility index (Phi) is 7.16. The van der Waals surface area contributed by atoms with Gasteiger partial charge in [0.2, 0.25) is 5.91 Å². The summed E-state index contributed by atoms with van der Waals surface area (Å²) in [6.45, 7) is 2.30. The summed E-state index contributed by atoms with van der Waals surface area (Å²) in [5.41, 5.74) is 2.10. The average Bonchev–Trinajstić information content (AvgIpc) is 2.78. The molecule has 3 aromatic carbocycles. The first-order valence-corrected chi connectivity index (χ1v) is 9.67. The van der Waals surface area contributed by atoms with Crippen LogP contribution in [0.1, 0.15) is 34.5 Å². The lowest BCUT2D eigenvalue weighted by molar-refractivity contribution is -0.120. The van der Waals surface area contributed by atoms with E-state index < -0.39 is 11.7 Å². The van der Waals surface area contributed by atoms with Crippen molar-refractivity contribution in [2.45, 2.75) is 13.0 Å². The third-order valence-electron chi connectivity index (χ3n) is 4.48. The zero-order valence-electron chi connectivity index (χ0n) is 16.6. The maximum atomic E-state index is 13.0. The van der Waals surface area contributed by atoms with Crippen molar-refractivity contribution in [3.8, 4) is 5.75 Å². The van der Waals surface area contributed by atoms with Crippen molar-refractivity contribution in [1.29, 1.82) is 0 Å². The molecule has 3 rings (SSSR count). The highest BCUT2D eigenvalue weighted by Crippen LogP contribution is 2.24. The summed E-state index contributed by atoms with van der Waals surface area (Å²) in [4.78, 5) is 24.7. The van der Waals surface area contributed by atoms with Crippen molar-refractivity contribution in [2.24, 2.45) is 0 Å². The average molecular weight is 406 g/mol. The number of benzene rings is 3. The van der Waals surface area contributed by atoms with Crippen LogP contribution in [0.3, 0.4) is 0 Å². The number of hydrogen-bond donors (Lipinski definition) is 2. The van der Waals surface area contributed by atoms with Gasteiger partial charge in [0.1, 0.15) is 11.6 Å². The van der Waals surface area contributed by atoms with Gasteiger partial charge in [-0.05, 0) is 54.4 Å². The Balaban J connectivity index is 1.69. The molecule has 154 valence electrons. The number of amides is 2. The predicted octanol–water partition coefficient (Wildman–Crippen LogP) is 3.86. The summed E-state index contributed by atoms with van der Waals surface area (Å²) in [5, 5.41) is 5.52. The van der Waals surface area contributed by atoms with Crippen molar-refractivity contribution in [1.82, 2.24) is 10.6 Å². The smallest absolute Gasteiger partial charge is 0.251 e. The van der Waals surface area contributed by atoms with Crippen LogP contribution in [0.5, 0.6) is 5.75 Å². The lowest BCUT2D eigenvalue weighted by Crippen LogP contribution is -2.39. The van der Waals surface area contributed by atoms with Crippen molar-refractivity contribution in [2.75, 3.05) is 13.2 Å². The molecule has 0 aliphatic rings. The number of nitrogens with one attached hydrogen (secondary N) is 2. The van der Waals surface area contributed by atoms with Crippen LogP contribution >= 0.6 is 0 Å². The van der Waals surface area contributed by atoms with E-state index in [1.54, 1.807) is 0 Å². The topological polar surface area (TPSA) is 67.4 Å². The molecule has 30 heavy (non-hydrogen) atoms. The van der Waals surface area contributed by atoms with E-state index in [-0.39, 0.29) is 24.1 Å². The lowest BCUT2D eigenvalue weighted by Gasteiger charge is -2.20. The van der Waals surface area contributed by atoms with Gasteiger partial charge in [0.15, 0.2) is 0 Å². The second kappa shape index (κ2) is 10.2. The second-order valence-corrected chi connectivity index (χ2v) is 6.60. The molecule has 1 unspecified atom stereocenters. The fourth-order valence-electron chi connectivity index (χ4n) is 3.00. The van der Waals surface area contributed by atoms with Crippen molar-refractivity contribution in [3.05, 3.63) is 101 Å². The van der Waals surface area contributed by atoms with Gasteiger partial charge in [-0.2, -0.15) is 0 Å². The van der Waals surface area contributed by atoms with Crippen LogP contribution in [0.15, 0.2) is 78.9 Å². The van der Waals surface area contributed by atoms with Gasteiger partial charge < -0.3 is 15.4 Å². The molecular formula is C24H23FN2O3. The quantitative estimate of drug-likeness (QED) is 0.597.